The zero-order chi connectivity index (χ0) is 10.2. The van der Waals surface area contributed by atoms with E-state index in [9.17, 15) is 8.42 Å². The minimum atomic E-state index is -3.63. The molecule has 0 amide bonds. The molecule has 0 radical (unpaired) electrons. The first-order valence-corrected chi connectivity index (χ1v) is 8.68. The van der Waals surface area contributed by atoms with Crippen molar-refractivity contribution in [3.63, 3.8) is 0 Å². The Hall–Kier alpha value is 0.502. The molecular formula is C4H12AlO5PS. The van der Waals surface area contributed by atoms with Gasteiger partial charge in [0.2, 0.25) is 0 Å². The lowest BCUT2D eigenvalue weighted by Gasteiger charge is -1.98. The van der Waals surface area contributed by atoms with Crippen LogP contribution in [0.2, 0.25) is 10.6 Å². The van der Waals surface area contributed by atoms with Crippen LogP contribution in [0.5, 0.6) is 0 Å². The van der Waals surface area contributed by atoms with E-state index >= 15 is 0 Å². The highest BCUT2D eigenvalue weighted by Gasteiger charge is 2.28. The van der Waals surface area contributed by atoms with E-state index < -0.39 is 30.2 Å². The van der Waals surface area contributed by atoms with Crippen LogP contribution in [0.25, 0.3) is 0 Å². The molecule has 0 aromatic heterocycles. The van der Waals surface area contributed by atoms with Crippen LogP contribution in [-0.4, -0.2) is 30.9 Å². The smallest absolute Gasteiger partial charge is 0.310 e. The van der Waals surface area contributed by atoms with Crippen molar-refractivity contribution in [2.45, 2.75) is 24.4 Å². The van der Waals surface area contributed by atoms with Gasteiger partial charge in [0.1, 0.15) is 0 Å². The van der Waals surface area contributed by atoms with Crippen molar-refractivity contribution in [1.29, 1.82) is 0 Å². The van der Waals surface area contributed by atoms with E-state index in [2.05, 4.69) is 0 Å². The summed E-state index contributed by atoms with van der Waals surface area (Å²) in [6, 6.07) is 0. The van der Waals surface area contributed by atoms with Gasteiger partial charge in [-0.05, 0) is 0 Å². The van der Waals surface area contributed by atoms with Crippen molar-refractivity contribution < 1.29 is 22.4 Å². The van der Waals surface area contributed by atoms with Gasteiger partial charge in [0.05, 0.1) is 0 Å². The van der Waals surface area contributed by atoms with Crippen molar-refractivity contribution in [2.24, 2.45) is 0 Å². The fraction of sp³-hybridized carbons (Fsp3) is 1.00. The first-order chi connectivity index (χ1) is 5.43. The van der Waals surface area contributed by atoms with Crippen LogP contribution >= 0.6 is 8.69 Å². The Morgan fingerprint density at radius 2 is 1.58 bits per heavy atom. The Morgan fingerprint density at radius 3 is 1.58 bits per heavy atom. The zero-order valence-electron chi connectivity index (χ0n) is 6.97. The summed E-state index contributed by atoms with van der Waals surface area (Å²) < 4.78 is 37.8. The highest BCUT2D eigenvalue weighted by atomic mass is 32.4. The predicted molar refractivity (Wildman–Crippen MR) is 48.1 cm³/mol. The van der Waals surface area contributed by atoms with Gasteiger partial charge in [-0.25, -0.2) is 13.0 Å². The molecule has 0 unspecified atom stereocenters. The summed E-state index contributed by atoms with van der Waals surface area (Å²) >= 11 is -1.85. The SMILES string of the molecule is C[CH2][Al]([CH2]C)[S](=O)(=O)O.O=PO. The highest BCUT2D eigenvalue weighted by Crippen LogP contribution is 2.03. The highest BCUT2D eigenvalue weighted by molar-refractivity contribution is 8.14. The third kappa shape index (κ3) is 8.60. The second-order valence-electron chi connectivity index (χ2n) is 2.04. The first-order valence-electron chi connectivity index (χ1n) is 3.36. The maximum Gasteiger partial charge on any atom is 0.498 e. The Bertz CT molecular complexity index is 199. The Balaban J connectivity index is 0. The second kappa shape index (κ2) is 8.12. The van der Waals surface area contributed by atoms with Crippen LogP contribution in [0.3, 0.4) is 0 Å². The molecule has 2 N–H and O–H groups in total. The molecule has 0 aromatic carbocycles. The predicted octanol–water partition coefficient (Wildman–Crippen LogP) is 1.09. The van der Waals surface area contributed by atoms with Gasteiger partial charge in [-0.3, -0.25) is 0 Å². The topological polar surface area (TPSA) is 91.7 Å². The van der Waals surface area contributed by atoms with Gasteiger partial charge in [0.15, 0.2) is 8.48 Å². The molecule has 0 spiro atoms. The third-order valence-corrected chi connectivity index (χ3v) is 8.52. The van der Waals surface area contributed by atoms with E-state index in [0.717, 1.165) is 0 Å². The van der Waals surface area contributed by atoms with E-state index in [4.69, 9.17) is 14.0 Å². The molecular weight excluding hydrogens is 218 g/mol. The number of hydrogen-bond acceptors (Lipinski definition) is 3. The van der Waals surface area contributed by atoms with Crippen molar-refractivity contribution in [3.05, 3.63) is 0 Å². The van der Waals surface area contributed by atoms with Gasteiger partial charge in [-0.1, -0.05) is 24.4 Å². The zero-order valence-corrected chi connectivity index (χ0v) is 9.83. The second-order valence-corrected chi connectivity index (χ2v) is 9.89. The first kappa shape index (κ1) is 15.0. The average Bonchev–Trinajstić information content (AvgIpc) is 1.88. The van der Waals surface area contributed by atoms with Crippen LogP contribution in [0.15, 0.2) is 0 Å². The maximum absolute atomic E-state index is 10.4. The minimum Gasteiger partial charge on any atom is -0.310 e. The molecule has 0 saturated heterocycles. The monoisotopic (exact) mass is 230 g/mol. The minimum absolute atomic E-state index is 0.620. The van der Waals surface area contributed by atoms with Crippen LogP contribution in [0.1, 0.15) is 13.8 Å². The molecule has 0 aliphatic heterocycles. The van der Waals surface area contributed by atoms with E-state index in [0.29, 0.717) is 10.6 Å². The molecule has 5 nitrogen and oxygen atoms in total. The summed E-state index contributed by atoms with van der Waals surface area (Å²) in [5.41, 5.74) is 0. The summed E-state index contributed by atoms with van der Waals surface area (Å²) in [6.07, 6.45) is 0. The van der Waals surface area contributed by atoms with E-state index in [1.54, 1.807) is 13.8 Å². The van der Waals surface area contributed by atoms with Crippen molar-refractivity contribution in [3.8, 4) is 0 Å². The molecule has 0 saturated carbocycles. The van der Waals surface area contributed by atoms with Crippen LogP contribution in [0, 0.1) is 0 Å². The Morgan fingerprint density at radius 1 is 1.33 bits per heavy atom. The molecule has 0 aliphatic rings. The normalized spacial score (nSPS) is 10.3. The summed E-state index contributed by atoms with van der Waals surface area (Å²) in [5.74, 6) is 0. The third-order valence-electron chi connectivity index (χ3n) is 1.33. The molecule has 0 rings (SSSR count). The van der Waals surface area contributed by atoms with E-state index in [1.807, 2.05) is 0 Å². The Labute approximate surface area is 77.3 Å². The fourth-order valence-corrected chi connectivity index (χ4v) is 4.66. The van der Waals surface area contributed by atoms with Crippen LogP contribution in [-0.2, 0) is 13.0 Å². The van der Waals surface area contributed by atoms with Gasteiger partial charge in [-0.15, -0.1) is 0 Å². The molecule has 0 aliphatic carbocycles. The molecule has 72 valence electrons. The van der Waals surface area contributed by atoms with Crippen molar-refractivity contribution in [2.75, 3.05) is 0 Å². The summed E-state index contributed by atoms with van der Waals surface area (Å²) in [5, 5.41) is 1.24. The molecule has 8 heteroatoms. The molecule has 0 aromatic rings. The molecule has 12 heavy (non-hydrogen) atoms. The van der Waals surface area contributed by atoms with E-state index in [1.165, 1.54) is 0 Å². The van der Waals surface area contributed by atoms with Gasteiger partial charge in [-0.2, -0.15) is 0 Å². The summed E-state index contributed by atoms with van der Waals surface area (Å²) in [4.78, 5) is 6.99. The quantitative estimate of drug-likeness (QED) is 0.430. The lowest BCUT2D eigenvalue weighted by Crippen LogP contribution is -2.22. The van der Waals surface area contributed by atoms with Crippen LogP contribution < -0.4 is 0 Å². The lowest BCUT2D eigenvalue weighted by molar-refractivity contribution is 0.499. The van der Waals surface area contributed by atoms with E-state index in [-0.39, 0.29) is 0 Å². The fourth-order valence-electron chi connectivity index (χ4n) is 0.710. The standard InChI is InChI=1S/2C2H5.Al.HO3S.HO2P/c2*1-2;;1-4(2)3;1-3-2/h2*1H2,2H3;;(H,1,2,3);(H,1,2). The summed E-state index contributed by atoms with van der Waals surface area (Å²) in [6.45, 7) is 3.60. The molecule has 0 heterocycles. The van der Waals surface area contributed by atoms with Gasteiger partial charge in [0, 0.05) is 0 Å². The maximum atomic E-state index is 10.4. The van der Waals surface area contributed by atoms with Gasteiger partial charge >= 0.3 is 21.7 Å². The summed E-state index contributed by atoms with van der Waals surface area (Å²) in [7, 11) is -4.46. The largest absolute Gasteiger partial charge is 0.498 e. The lowest BCUT2D eigenvalue weighted by atomic mass is 10.9. The van der Waals surface area contributed by atoms with Crippen LogP contribution in [0.4, 0.5) is 0 Å². The molecule has 0 atom stereocenters. The van der Waals surface area contributed by atoms with Gasteiger partial charge in [0.25, 0.3) is 0 Å². The molecule has 0 fully saturated rings. The van der Waals surface area contributed by atoms with Crippen molar-refractivity contribution in [1.82, 2.24) is 0 Å². The van der Waals surface area contributed by atoms with Gasteiger partial charge < -0.3 is 9.45 Å². The number of rotatable bonds is 3. The number of hydrogen-bond donors (Lipinski definition) is 2. The Kier molecular flexibility index (Phi) is 10.1. The van der Waals surface area contributed by atoms with Crippen molar-refractivity contribution >= 4 is 30.2 Å². The molecule has 0 bridgehead atoms. The average molecular weight is 230 g/mol.